The summed E-state index contributed by atoms with van der Waals surface area (Å²) in [6.45, 7) is 18.6. The van der Waals surface area contributed by atoms with E-state index in [0.29, 0.717) is 0 Å². The molecule has 1 atom stereocenters. The van der Waals surface area contributed by atoms with Crippen LogP contribution in [0.15, 0.2) is 66.7 Å². The Kier molecular flexibility index (Phi) is 7.67. The number of benzene rings is 3. The fraction of sp³-hybridized carbons (Fsp3) is 0.419. The van der Waals surface area contributed by atoms with Gasteiger partial charge in [-0.05, 0) is 90.0 Å². The molecule has 0 saturated heterocycles. The van der Waals surface area contributed by atoms with Crippen molar-refractivity contribution in [3.63, 3.8) is 0 Å². The van der Waals surface area contributed by atoms with E-state index in [1.54, 1.807) is 0 Å². The van der Waals surface area contributed by atoms with Gasteiger partial charge >= 0.3 is 0 Å². The van der Waals surface area contributed by atoms with Gasteiger partial charge in [0.1, 0.15) is 0 Å². The van der Waals surface area contributed by atoms with Gasteiger partial charge in [-0.3, -0.25) is 0 Å². The Morgan fingerprint density at radius 2 is 1.12 bits per heavy atom. The quantitative estimate of drug-likeness (QED) is 0.311. The minimum absolute atomic E-state index is 0.209. The van der Waals surface area contributed by atoms with Crippen LogP contribution in [0.2, 0.25) is 0 Å². The third-order valence-corrected chi connectivity index (χ3v) is 10.6. The molecule has 1 heteroatoms. The molecule has 1 unspecified atom stereocenters. The number of rotatable bonds is 8. The van der Waals surface area contributed by atoms with Crippen LogP contribution in [0.5, 0.6) is 0 Å². The molecule has 170 valence electrons. The zero-order valence-corrected chi connectivity index (χ0v) is 22.3. The average molecular weight is 445 g/mol. The van der Waals surface area contributed by atoms with Crippen molar-refractivity contribution in [2.45, 2.75) is 85.5 Å². The van der Waals surface area contributed by atoms with Gasteiger partial charge in [-0.15, -0.1) is 0 Å². The summed E-state index contributed by atoms with van der Waals surface area (Å²) in [5.41, 5.74) is 6.21. The van der Waals surface area contributed by atoms with Crippen LogP contribution in [-0.2, 0) is 10.8 Å². The van der Waals surface area contributed by atoms with E-state index < -0.39 is 7.92 Å². The van der Waals surface area contributed by atoms with Gasteiger partial charge in [0.15, 0.2) is 0 Å². The fourth-order valence-electron chi connectivity index (χ4n) is 4.46. The fourth-order valence-corrected chi connectivity index (χ4v) is 7.02. The highest BCUT2D eigenvalue weighted by molar-refractivity contribution is 7.80. The summed E-state index contributed by atoms with van der Waals surface area (Å²) in [6.07, 6.45) is 3.49. The van der Waals surface area contributed by atoms with Crippen molar-refractivity contribution in [3.8, 4) is 0 Å². The lowest BCUT2D eigenvalue weighted by Gasteiger charge is -2.30. The molecule has 0 aliphatic rings. The molecule has 3 aromatic carbocycles. The highest BCUT2D eigenvalue weighted by Gasteiger charge is 2.26. The summed E-state index contributed by atoms with van der Waals surface area (Å²) in [7, 11) is -0.597. The van der Waals surface area contributed by atoms with Crippen LogP contribution in [0.1, 0.15) is 83.1 Å². The molecular weight excluding hydrogens is 403 g/mol. The van der Waals surface area contributed by atoms with Crippen LogP contribution in [0, 0.1) is 13.8 Å². The van der Waals surface area contributed by atoms with Crippen LogP contribution < -0.4 is 15.9 Å². The van der Waals surface area contributed by atoms with Crippen LogP contribution >= 0.6 is 7.92 Å². The molecule has 0 bridgehead atoms. The Bertz CT molecular complexity index is 1040. The Morgan fingerprint density at radius 1 is 0.625 bits per heavy atom. The van der Waals surface area contributed by atoms with E-state index in [4.69, 9.17) is 0 Å². The van der Waals surface area contributed by atoms with Gasteiger partial charge in [-0.25, -0.2) is 0 Å². The summed E-state index contributed by atoms with van der Waals surface area (Å²) in [5.74, 6) is 0. The van der Waals surface area contributed by atoms with Crippen LogP contribution in [0.25, 0.3) is 0 Å². The second kappa shape index (κ2) is 9.93. The molecule has 3 aromatic rings. The summed E-state index contributed by atoms with van der Waals surface area (Å²) in [4.78, 5) is 0. The van der Waals surface area contributed by atoms with Gasteiger partial charge in [-0.1, -0.05) is 108 Å². The third-order valence-electron chi connectivity index (χ3n) is 7.81. The minimum atomic E-state index is -0.597. The molecule has 3 rings (SSSR count). The van der Waals surface area contributed by atoms with E-state index >= 15 is 0 Å². The summed E-state index contributed by atoms with van der Waals surface area (Å²) in [6, 6.07) is 25.6. The van der Waals surface area contributed by atoms with Crippen LogP contribution in [-0.4, -0.2) is 0 Å². The molecule has 0 aromatic heterocycles. The predicted molar refractivity (Wildman–Crippen MR) is 146 cm³/mol. The van der Waals surface area contributed by atoms with E-state index in [0.717, 1.165) is 6.42 Å². The molecule has 0 radical (unpaired) electrons. The topological polar surface area (TPSA) is 0 Å². The average Bonchev–Trinajstić information content (AvgIpc) is 2.81. The van der Waals surface area contributed by atoms with Crippen molar-refractivity contribution in [2.24, 2.45) is 0 Å². The van der Waals surface area contributed by atoms with Crippen molar-refractivity contribution in [2.75, 3.05) is 0 Å². The Labute approximate surface area is 198 Å². The van der Waals surface area contributed by atoms with Gasteiger partial charge in [0.25, 0.3) is 0 Å². The first-order valence-electron chi connectivity index (χ1n) is 12.2. The van der Waals surface area contributed by atoms with Gasteiger partial charge in [-0.2, -0.15) is 0 Å². The highest BCUT2D eigenvalue weighted by atomic mass is 31.1. The van der Waals surface area contributed by atoms with Gasteiger partial charge in [0.05, 0.1) is 0 Å². The summed E-state index contributed by atoms with van der Waals surface area (Å²) in [5, 5.41) is 4.39. The standard InChI is InChI=1S/C31H41P/c1-9-30(6,7)25-17-19-28(23(4)21-25)32(27-15-13-12-14-16-27)29-20-18-26(22-24(29)5)31(8,10-2)11-3/h12-22H,9-11H2,1-8H3. The molecule has 0 fully saturated rings. The zero-order valence-electron chi connectivity index (χ0n) is 21.4. The van der Waals surface area contributed by atoms with E-state index in [9.17, 15) is 0 Å². The minimum Gasteiger partial charge on any atom is -0.0646 e. The van der Waals surface area contributed by atoms with Crippen molar-refractivity contribution in [3.05, 3.63) is 89.0 Å². The third kappa shape index (κ3) is 4.87. The first-order valence-corrected chi connectivity index (χ1v) is 13.6. The molecule has 32 heavy (non-hydrogen) atoms. The highest BCUT2D eigenvalue weighted by Crippen LogP contribution is 2.39. The first kappa shape index (κ1) is 24.7. The van der Waals surface area contributed by atoms with Crippen molar-refractivity contribution in [1.82, 2.24) is 0 Å². The van der Waals surface area contributed by atoms with E-state index in [1.165, 1.54) is 51.0 Å². The Hall–Kier alpha value is -1.91. The van der Waals surface area contributed by atoms with Gasteiger partial charge in [0.2, 0.25) is 0 Å². The first-order chi connectivity index (χ1) is 15.2. The Balaban J connectivity index is 2.16. The molecule has 0 amide bonds. The van der Waals surface area contributed by atoms with Crippen molar-refractivity contribution >= 4 is 23.8 Å². The van der Waals surface area contributed by atoms with Crippen LogP contribution in [0.3, 0.4) is 0 Å². The predicted octanol–water partition coefficient (Wildman–Crippen LogP) is 7.83. The van der Waals surface area contributed by atoms with E-state index in [1.807, 2.05) is 0 Å². The summed E-state index contributed by atoms with van der Waals surface area (Å²) >= 11 is 0. The van der Waals surface area contributed by atoms with E-state index in [-0.39, 0.29) is 10.8 Å². The van der Waals surface area contributed by atoms with E-state index in [2.05, 4.69) is 122 Å². The monoisotopic (exact) mass is 444 g/mol. The zero-order chi connectivity index (χ0) is 23.5. The summed E-state index contributed by atoms with van der Waals surface area (Å²) < 4.78 is 0. The lowest BCUT2D eigenvalue weighted by Crippen LogP contribution is -2.27. The largest absolute Gasteiger partial charge is 0.0646 e. The molecule has 0 heterocycles. The molecule has 0 spiro atoms. The van der Waals surface area contributed by atoms with Crippen molar-refractivity contribution < 1.29 is 0 Å². The SMILES string of the molecule is CCC(C)(C)c1ccc(P(c2ccccc2)c2ccc(C(C)(CC)CC)cc2C)c(C)c1. The number of hydrogen-bond acceptors (Lipinski definition) is 0. The molecule has 0 saturated carbocycles. The lowest BCUT2D eigenvalue weighted by molar-refractivity contribution is 0.439. The van der Waals surface area contributed by atoms with Gasteiger partial charge < -0.3 is 0 Å². The normalized spacial score (nSPS) is 13.2. The maximum absolute atomic E-state index is 2.46. The molecule has 0 nitrogen and oxygen atoms in total. The number of aryl methyl sites for hydroxylation is 2. The molecule has 0 aliphatic heterocycles. The second-order valence-electron chi connectivity index (χ2n) is 10.2. The molecular formula is C31H41P. The second-order valence-corrected chi connectivity index (χ2v) is 12.3. The molecule has 0 N–H and O–H groups in total. The lowest BCUT2D eigenvalue weighted by atomic mass is 9.77. The number of hydrogen-bond donors (Lipinski definition) is 0. The van der Waals surface area contributed by atoms with Gasteiger partial charge in [0, 0.05) is 0 Å². The smallest absolute Gasteiger partial charge is 0.00804 e. The maximum atomic E-state index is 2.46. The Morgan fingerprint density at radius 3 is 1.59 bits per heavy atom. The van der Waals surface area contributed by atoms with Crippen LogP contribution in [0.4, 0.5) is 0 Å². The maximum Gasteiger partial charge on any atom is -0.00804 e. The van der Waals surface area contributed by atoms with Crippen molar-refractivity contribution in [1.29, 1.82) is 0 Å². The molecule has 0 aliphatic carbocycles.